The maximum Gasteiger partial charge on any atom is 0.257 e. The Labute approximate surface area is 202 Å². The van der Waals surface area contributed by atoms with Gasteiger partial charge in [-0.05, 0) is 34.7 Å². The molecule has 4 aliphatic rings. The zero-order valence-electron chi connectivity index (χ0n) is 18.2. The molecule has 0 radical (unpaired) electrons. The number of phenolic OH excluding ortho intramolecular Hbond substituents is 1. The fourth-order valence-electron chi connectivity index (χ4n) is 5.69. The molecular formula is C24H20BrNO8. The number of amides is 2. The van der Waals surface area contributed by atoms with Crippen molar-refractivity contribution in [2.45, 2.75) is 18.8 Å². The number of fused-ring (bicyclic) bond motifs is 3. The minimum Gasteiger partial charge on any atom is -0.507 e. The number of imide groups is 1. The number of Topliss-reactive ketones (excluding diaryl/α,β-unsaturated/α-hetero) is 1. The molecule has 3 aliphatic carbocycles. The first-order valence-electron chi connectivity index (χ1n) is 10.6. The summed E-state index contributed by atoms with van der Waals surface area (Å²) in [5.74, 6) is -5.00. The van der Waals surface area contributed by atoms with Crippen molar-refractivity contribution in [3.05, 3.63) is 51.0 Å². The van der Waals surface area contributed by atoms with Gasteiger partial charge in [-0.25, -0.2) is 0 Å². The monoisotopic (exact) mass is 529 g/mol. The Bertz CT molecular complexity index is 1280. The smallest absolute Gasteiger partial charge is 0.257 e. The maximum absolute atomic E-state index is 13.2. The standard InChI is InChI=1S/C24H20BrNO8/c1-33-9-5-15(27)21(17(6-9)34-2)20-10-3-4-11-18(24(31)26(32)23(11)30)12(10)7-13-19(20)16(28)8-14(25)22(13)29/h3,5-6,8,11-12,18,20,27,32H,4,7H2,1-2H3. The topological polar surface area (TPSA) is 130 Å². The van der Waals surface area contributed by atoms with Crippen molar-refractivity contribution >= 4 is 39.3 Å². The lowest BCUT2D eigenvalue weighted by Gasteiger charge is -2.42. The summed E-state index contributed by atoms with van der Waals surface area (Å²) >= 11 is 3.15. The number of carbonyl (C=O) groups is 4. The lowest BCUT2D eigenvalue weighted by molar-refractivity contribution is -0.173. The summed E-state index contributed by atoms with van der Waals surface area (Å²) in [5, 5.41) is 21.2. The van der Waals surface area contributed by atoms with Crippen LogP contribution >= 0.6 is 15.9 Å². The largest absolute Gasteiger partial charge is 0.507 e. The Morgan fingerprint density at radius 3 is 2.47 bits per heavy atom. The molecule has 0 aromatic heterocycles. The van der Waals surface area contributed by atoms with Crippen LogP contribution in [0.3, 0.4) is 0 Å². The molecule has 1 aliphatic heterocycles. The summed E-state index contributed by atoms with van der Waals surface area (Å²) in [6.45, 7) is 0. The van der Waals surface area contributed by atoms with Crippen LogP contribution in [0, 0.1) is 17.8 Å². The van der Waals surface area contributed by atoms with E-state index in [9.17, 15) is 29.5 Å². The highest BCUT2D eigenvalue weighted by atomic mass is 79.9. The predicted molar refractivity (Wildman–Crippen MR) is 119 cm³/mol. The molecule has 4 unspecified atom stereocenters. The number of nitrogens with zero attached hydrogens (tertiary/aromatic N) is 1. The van der Waals surface area contributed by atoms with Crippen LogP contribution in [-0.2, 0) is 19.2 Å². The highest BCUT2D eigenvalue weighted by Gasteiger charge is 2.57. The molecule has 34 heavy (non-hydrogen) atoms. The fraction of sp³-hybridized carbons (Fsp3) is 0.333. The van der Waals surface area contributed by atoms with Gasteiger partial charge in [-0.2, -0.15) is 5.06 Å². The van der Waals surface area contributed by atoms with Gasteiger partial charge in [0.15, 0.2) is 11.6 Å². The molecule has 1 heterocycles. The molecule has 1 fully saturated rings. The first kappa shape index (κ1) is 22.5. The van der Waals surface area contributed by atoms with E-state index in [1.54, 1.807) is 12.1 Å². The van der Waals surface area contributed by atoms with Crippen LogP contribution in [0.4, 0.5) is 0 Å². The van der Waals surface area contributed by atoms with E-state index >= 15 is 0 Å². The van der Waals surface area contributed by atoms with Crippen LogP contribution in [0.15, 0.2) is 45.5 Å². The van der Waals surface area contributed by atoms with Crippen molar-refractivity contribution < 1.29 is 39.0 Å². The van der Waals surface area contributed by atoms with Gasteiger partial charge in [0.25, 0.3) is 11.8 Å². The van der Waals surface area contributed by atoms with E-state index in [2.05, 4.69) is 15.9 Å². The highest BCUT2D eigenvalue weighted by Crippen LogP contribution is 2.57. The van der Waals surface area contributed by atoms with Crippen LogP contribution in [0.25, 0.3) is 0 Å². The third kappa shape index (κ3) is 3.01. The van der Waals surface area contributed by atoms with Gasteiger partial charge >= 0.3 is 0 Å². The first-order chi connectivity index (χ1) is 16.2. The Hall–Kier alpha value is -3.24. The van der Waals surface area contributed by atoms with Gasteiger partial charge in [-0.15, -0.1) is 0 Å². The molecule has 176 valence electrons. The van der Waals surface area contributed by atoms with E-state index in [-0.39, 0.29) is 50.6 Å². The van der Waals surface area contributed by atoms with E-state index in [0.29, 0.717) is 11.3 Å². The molecule has 1 aromatic carbocycles. The molecular weight excluding hydrogens is 510 g/mol. The predicted octanol–water partition coefficient (Wildman–Crippen LogP) is 2.56. The lowest BCUT2D eigenvalue weighted by atomic mass is 9.59. The van der Waals surface area contributed by atoms with E-state index in [1.807, 2.05) is 0 Å². The van der Waals surface area contributed by atoms with Crippen molar-refractivity contribution in [3.63, 3.8) is 0 Å². The molecule has 0 bridgehead atoms. The number of hydrogen-bond acceptors (Lipinski definition) is 8. The molecule has 1 aromatic rings. The number of carbonyl (C=O) groups excluding carboxylic acids is 4. The van der Waals surface area contributed by atoms with Crippen molar-refractivity contribution in [1.29, 1.82) is 0 Å². The van der Waals surface area contributed by atoms with Gasteiger partial charge in [0.1, 0.15) is 17.2 Å². The normalized spacial score (nSPS) is 28.3. The Morgan fingerprint density at radius 1 is 1.06 bits per heavy atom. The van der Waals surface area contributed by atoms with Crippen LogP contribution in [-0.4, -0.2) is 53.0 Å². The quantitative estimate of drug-likeness (QED) is 0.264. The number of phenols is 1. The molecule has 0 spiro atoms. The van der Waals surface area contributed by atoms with Gasteiger partial charge in [-0.1, -0.05) is 11.6 Å². The summed E-state index contributed by atoms with van der Waals surface area (Å²) in [6, 6.07) is 2.94. The van der Waals surface area contributed by atoms with Crippen LogP contribution in [0.2, 0.25) is 0 Å². The molecule has 2 amide bonds. The minimum absolute atomic E-state index is 0.0540. The third-order valence-corrected chi connectivity index (χ3v) is 7.73. The number of aromatic hydroxyl groups is 1. The first-order valence-corrected chi connectivity index (χ1v) is 11.4. The van der Waals surface area contributed by atoms with Crippen molar-refractivity contribution in [2.75, 3.05) is 14.2 Å². The second kappa shape index (κ2) is 7.92. The van der Waals surface area contributed by atoms with Gasteiger partial charge in [0.05, 0.1) is 30.5 Å². The molecule has 0 saturated carbocycles. The van der Waals surface area contributed by atoms with Crippen LogP contribution in [0.5, 0.6) is 17.2 Å². The molecule has 10 heteroatoms. The molecule has 2 N–H and O–H groups in total. The third-order valence-electron chi connectivity index (χ3n) is 7.15. The number of rotatable bonds is 3. The van der Waals surface area contributed by atoms with Gasteiger partial charge < -0.3 is 14.6 Å². The summed E-state index contributed by atoms with van der Waals surface area (Å²) in [7, 11) is 2.84. The maximum atomic E-state index is 13.2. The summed E-state index contributed by atoms with van der Waals surface area (Å²) < 4.78 is 10.8. The number of hydrogen-bond donors (Lipinski definition) is 2. The second-order valence-corrected chi connectivity index (χ2v) is 9.50. The zero-order valence-corrected chi connectivity index (χ0v) is 19.8. The molecule has 1 saturated heterocycles. The molecule has 4 atom stereocenters. The Kier molecular flexibility index (Phi) is 5.25. The van der Waals surface area contributed by atoms with E-state index in [4.69, 9.17) is 9.47 Å². The SMILES string of the molecule is COc1cc(O)c(C2C3=CCC4C(=O)N(O)C(=O)C4C3CC3=C2C(=O)C=C(Br)C3=O)c(OC)c1. The van der Waals surface area contributed by atoms with Gasteiger partial charge in [-0.3, -0.25) is 24.4 Å². The number of benzene rings is 1. The highest BCUT2D eigenvalue weighted by molar-refractivity contribution is 9.12. The van der Waals surface area contributed by atoms with E-state index in [1.165, 1.54) is 26.4 Å². The van der Waals surface area contributed by atoms with Crippen LogP contribution in [0.1, 0.15) is 24.3 Å². The summed E-state index contributed by atoms with van der Waals surface area (Å²) in [6.07, 6.45) is 3.21. The summed E-state index contributed by atoms with van der Waals surface area (Å²) in [5.41, 5.74) is 1.30. The average Bonchev–Trinajstić information content (AvgIpc) is 3.05. The fourth-order valence-corrected chi connectivity index (χ4v) is 6.13. The number of allylic oxidation sites excluding steroid dienone is 6. The van der Waals surface area contributed by atoms with E-state index < -0.39 is 47.1 Å². The van der Waals surface area contributed by atoms with E-state index in [0.717, 1.165) is 0 Å². The number of hydroxylamine groups is 2. The Morgan fingerprint density at radius 2 is 1.79 bits per heavy atom. The Balaban J connectivity index is 1.77. The number of ether oxygens (including phenoxy) is 2. The molecule has 5 rings (SSSR count). The van der Waals surface area contributed by atoms with Crippen molar-refractivity contribution in [2.24, 2.45) is 17.8 Å². The van der Waals surface area contributed by atoms with Gasteiger partial charge in [0.2, 0.25) is 0 Å². The van der Waals surface area contributed by atoms with Crippen molar-refractivity contribution in [1.82, 2.24) is 5.06 Å². The lowest BCUT2D eigenvalue weighted by Crippen LogP contribution is -2.39. The zero-order chi connectivity index (χ0) is 24.5. The number of halogens is 1. The second-order valence-electron chi connectivity index (χ2n) is 8.64. The molecule has 9 nitrogen and oxygen atoms in total. The number of methoxy groups -OCH3 is 2. The number of ketones is 2. The minimum atomic E-state index is -0.889. The average molecular weight is 530 g/mol. The van der Waals surface area contributed by atoms with Gasteiger partial charge in [0, 0.05) is 40.8 Å². The van der Waals surface area contributed by atoms with Crippen molar-refractivity contribution in [3.8, 4) is 17.2 Å². The van der Waals surface area contributed by atoms with Crippen LogP contribution < -0.4 is 9.47 Å². The summed E-state index contributed by atoms with van der Waals surface area (Å²) in [4.78, 5) is 51.6.